The molecule has 2 atom stereocenters. The van der Waals surface area contributed by atoms with Crippen molar-refractivity contribution in [1.29, 1.82) is 0 Å². The fourth-order valence-electron chi connectivity index (χ4n) is 7.17. The van der Waals surface area contributed by atoms with Gasteiger partial charge in [0.2, 0.25) is 0 Å². The summed E-state index contributed by atoms with van der Waals surface area (Å²) in [6.07, 6.45) is 0.115. The van der Waals surface area contributed by atoms with Crippen molar-refractivity contribution < 1.29 is 4.52 Å². The molecule has 0 aromatic heterocycles. The summed E-state index contributed by atoms with van der Waals surface area (Å²) in [6.45, 7) is 13.1. The van der Waals surface area contributed by atoms with Gasteiger partial charge in [-0.05, 0) is 0 Å². The van der Waals surface area contributed by atoms with Crippen molar-refractivity contribution in [3.63, 3.8) is 0 Å². The van der Waals surface area contributed by atoms with E-state index in [4.69, 9.17) is 4.52 Å². The number of aryl methyl sites for hydroxylation is 6. The zero-order valence-corrected chi connectivity index (χ0v) is 25.8. The summed E-state index contributed by atoms with van der Waals surface area (Å²) < 4.78 is 12.8. The summed E-state index contributed by atoms with van der Waals surface area (Å²) in [5.41, 5.74) is 10.2. The number of hydrogen-bond acceptors (Lipinski definition) is 1. The van der Waals surface area contributed by atoms with Crippen molar-refractivity contribution in [1.82, 2.24) is 0 Å². The van der Waals surface area contributed by atoms with E-state index in [0.717, 1.165) is 0 Å². The van der Waals surface area contributed by atoms with Gasteiger partial charge in [-0.15, -0.1) is 0 Å². The first-order valence-corrected chi connectivity index (χ1v) is 19.1. The van der Waals surface area contributed by atoms with Crippen LogP contribution in [0.25, 0.3) is 0 Å². The molecule has 182 valence electrons. The molecule has 4 heterocycles. The molecule has 0 aliphatic carbocycles. The van der Waals surface area contributed by atoms with Crippen LogP contribution in [0.15, 0.2) is 66.7 Å². The molecule has 1 nitrogen and oxygen atoms in total. The van der Waals surface area contributed by atoms with Crippen molar-refractivity contribution in [2.75, 3.05) is 0 Å². The summed E-state index contributed by atoms with van der Waals surface area (Å²) in [7, 11) is 0. The quantitative estimate of drug-likeness (QED) is 0.230. The molecule has 2 bridgehead atoms. The Bertz CT molecular complexity index is 1470. The fraction of sp³-hybridized carbons (Fsp3) is 0.273. The van der Waals surface area contributed by atoms with Crippen molar-refractivity contribution in [2.45, 2.75) is 60.2 Å². The average Bonchev–Trinajstić information content (AvgIpc) is 2.86. The van der Waals surface area contributed by atoms with Gasteiger partial charge in [-0.1, -0.05) is 0 Å². The number of benzene rings is 4. The molecule has 8 rings (SSSR count). The second-order valence-corrected chi connectivity index (χ2v) is 22.1. The van der Waals surface area contributed by atoms with Crippen LogP contribution in [-0.2, 0) is 4.52 Å². The molecule has 0 unspecified atom stereocenters. The molecule has 4 aliphatic heterocycles. The van der Waals surface area contributed by atoms with Crippen molar-refractivity contribution in [3.05, 3.63) is 106 Å². The topological polar surface area (TPSA) is 9.23 Å². The zero-order valence-electron chi connectivity index (χ0n) is 22.3. The van der Waals surface area contributed by atoms with Crippen LogP contribution in [0.1, 0.15) is 52.0 Å². The Morgan fingerprint density at radius 1 is 0.583 bits per heavy atom. The molecule has 4 aromatic carbocycles. The third-order valence-corrected chi connectivity index (χ3v) is 24.9. The van der Waals surface area contributed by atoms with Gasteiger partial charge >= 0.3 is 224 Å². The predicted octanol–water partition coefficient (Wildman–Crippen LogP) is 4.58. The molecule has 4 aromatic rings. The second-order valence-electron chi connectivity index (χ2n) is 11.4. The van der Waals surface area contributed by atoms with Crippen molar-refractivity contribution >= 4 is 53.5 Å². The van der Waals surface area contributed by atoms with Gasteiger partial charge in [0.1, 0.15) is 0 Å². The zero-order chi connectivity index (χ0) is 25.2. The summed E-state index contributed by atoms with van der Waals surface area (Å²) in [5.74, 6) is 0. The predicted molar refractivity (Wildman–Crippen MR) is 158 cm³/mol. The van der Waals surface area contributed by atoms with E-state index in [1.165, 1.54) is 38.9 Å². The van der Waals surface area contributed by atoms with Crippen LogP contribution >= 0.6 is 6.83 Å². The summed E-state index contributed by atoms with van der Waals surface area (Å²) >= 11 is -2.22. The monoisotopic (exact) mass is 598 g/mol. The maximum atomic E-state index is 7.76. The van der Waals surface area contributed by atoms with Crippen molar-refractivity contribution in [2.24, 2.45) is 0 Å². The first-order chi connectivity index (χ1) is 17.2. The standard InChI is InChI=1S/C33H34OP.Sb/c1-22-13-16-30(19-25(22)4)35(31-17-14-23(2)26(5)20-31,32-18-15-24(3)27(6)21-32)28(7)33(34-35)29-11-9-8-10-12-29;/h8-15,19-21,28,33H,1-7H3;/t28-,33+;/m1./s1. The summed E-state index contributed by atoms with van der Waals surface area (Å²) in [6, 6.07) is 26.4. The first kappa shape index (κ1) is 23.2. The second kappa shape index (κ2) is 7.35. The number of hydrogen-bond donors (Lipinski definition) is 0. The Morgan fingerprint density at radius 2 is 0.972 bits per heavy atom. The molecular formula is C33H34OPSb. The molecule has 0 saturated carbocycles. The van der Waals surface area contributed by atoms with Gasteiger partial charge in [-0.25, -0.2) is 0 Å². The van der Waals surface area contributed by atoms with E-state index >= 15 is 0 Å². The van der Waals surface area contributed by atoms with Crippen LogP contribution in [0.2, 0.25) is 0 Å². The molecule has 0 radical (unpaired) electrons. The molecule has 1 saturated heterocycles. The van der Waals surface area contributed by atoms with Gasteiger partial charge in [0.15, 0.2) is 0 Å². The Balaban J connectivity index is 1.67. The molecule has 0 N–H and O–H groups in total. The van der Waals surface area contributed by atoms with E-state index in [9.17, 15) is 0 Å². The molecule has 3 heteroatoms. The number of rotatable bonds is 1. The molecule has 1 spiro atoms. The van der Waals surface area contributed by atoms with Crippen molar-refractivity contribution in [3.8, 4) is 0 Å². The van der Waals surface area contributed by atoms with E-state index in [1.807, 2.05) is 0 Å². The molecule has 1 fully saturated rings. The molecule has 36 heavy (non-hydrogen) atoms. The van der Waals surface area contributed by atoms with Gasteiger partial charge in [-0.3, -0.25) is 0 Å². The van der Waals surface area contributed by atoms with Crippen LogP contribution < -0.4 is 26.4 Å². The van der Waals surface area contributed by atoms with Crippen LogP contribution in [0, 0.1) is 41.5 Å². The maximum absolute atomic E-state index is 7.76. The van der Waals surface area contributed by atoms with E-state index in [-0.39, 0.29) is 6.10 Å². The average molecular weight is 599 g/mol. The minimum absolute atomic E-state index is 0.115. The van der Waals surface area contributed by atoms with Gasteiger partial charge in [-0.2, -0.15) is 0 Å². The Hall–Kier alpha value is -1.91. The third-order valence-electron chi connectivity index (χ3n) is 9.61. The van der Waals surface area contributed by atoms with Crippen LogP contribution in [-0.4, -0.2) is 25.9 Å². The molecular weight excluding hydrogens is 565 g/mol. The molecule has 0 amide bonds. The summed E-state index contributed by atoms with van der Waals surface area (Å²) in [5, 5.41) is 4.75. The Morgan fingerprint density at radius 3 is 1.36 bits per heavy atom. The van der Waals surface area contributed by atoms with E-state index in [2.05, 4.69) is 115 Å². The van der Waals surface area contributed by atoms with E-state index in [1.54, 1.807) is 26.4 Å². The molecule has 4 aliphatic rings. The Kier molecular flexibility index (Phi) is 4.74. The van der Waals surface area contributed by atoms with Crippen LogP contribution in [0.3, 0.4) is 0 Å². The van der Waals surface area contributed by atoms with E-state index in [0.29, 0.717) is 5.66 Å². The minimum atomic E-state index is -3.14. The third kappa shape index (κ3) is 2.47. The van der Waals surface area contributed by atoms with Crippen LogP contribution in [0.4, 0.5) is 0 Å². The normalized spacial score (nSPS) is 23.2. The van der Waals surface area contributed by atoms with Crippen LogP contribution in [0.5, 0.6) is 0 Å². The van der Waals surface area contributed by atoms with E-state index < -0.39 is 27.0 Å². The summed E-state index contributed by atoms with van der Waals surface area (Å²) in [4.78, 5) is 0. The van der Waals surface area contributed by atoms with Gasteiger partial charge < -0.3 is 0 Å². The first-order valence-electron chi connectivity index (χ1n) is 13.1. The van der Waals surface area contributed by atoms with Gasteiger partial charge in [0.05, 0.1) is 0 Å². The SMILES string of the molecule is Cc1c[c]2c(cc1C)P13(O[C@H](c4ccccc4)[C@H]1C)c1cc(C)c(C)c[c]1[Sb]2[c]1cc(C)c(C)cc13. The van der Waals surface area contributed by atoms with Gasteiger partial charge in [0, 0.05) is 0 Å². The Labute approximate surface area is 222 Å². The van der Waals surface area contributed by atoms with Gasteiger partial charge in [0.25, 0.3) is 0 Å². The fourth-order valence-corrected chi connectivity index (χ4v) is 28.7.